The minimum absolute atomic E-state index is 0.00952. The quantitative estimate of drug-likeness (QED) is 0.858. The number of hydrogen-bond acceptors (Lipinski definition) is 4. The van der Waals surface area contributed by atoms with Crippen LogP contribution in [-0.4, -0.2) is 17.1 Å². The summed E-state index contributed by atoms with van der Waals surface area (Å²) in [6.07, 6.45) is 0.695. The lowest BCUT2D eigenvalue weighted by Crippen LogP contribution is -2.41. The number of nitrogens with two attached hydrogens (primary N) is 1. The van der Waals surface area contributed by atoms with Gasteiger partial charge in [-0.05, 0) is 32.8 Å². The van der Waals surface area contributed by atoms with Gasteiger partial charge in [-0.2, -0.15) is 0 Å². The second kappa shape index (κ2) is 7.42. The van der Waals surface area contributed by atoms with Crippen LogP contribution in [0.15, 0.2) is 34.9 Å². The Kier molecular flexibility index (Phi) is 5.55. The Labute approximate surface area is 137 Å². The molecule has 3 atom stereocenters. The highest BCUT2D eigenvalue weighted by Gasteiger charge is 2.24. The second-order valence-corrected chi connectivity index (χ2v) is 6.14. The molecule has 124 valence electrons. The molecular weight excluding hydrogens is 290 g/mol. The third-order valence-electron chi connectivity index (χ3n) is 4.22. The van der Waals surface area contributed by atoms with Crippen LogP contribution in [0.3, 0.4) is 0 Å². The van der Waals surface area contributed by atoms with Crippen LogP contribution in [-0.2, 0) is 11.2 Å². The minimum atomic E-state index is -0.317. The van der Waals surface area contributed by atoms with Crippen LogP contribution in [0.4, 0.5) is 0 Å². The van der Waals surface area contributed by atoms with Crippen LogP contribution in [0.5, 0.6) is 0 Å². The first kappa shape index (κ1) is 17.2. The maximum Gasteiger partial charge on any atom is 0.224 e. The number of aromatic nitrogens is 1. The van der Waals surface area contributed by atoms with Gasteiger partial charge in [0.1, 0.15) is 5.76 Å². The molecule has 5 heteroatoms. The van der Waals surface area contributed by atoms with Crippen LogP contribution in [0.2, 0.25) is 0 Å². The summed E-state index contributed by atoms with van der Waals surface area (Å²) in [6, 6.07) is 9.36. The third-order valence-corrected chi connectivity index (χ3v) is 4.22. The summed E-state index contributed by atoms with van der Waals surface area (Å²) >= 11 is 0. The van der Waals surface area contributed by atoms with Gasteiger partial charge < -0.3 is 15.6 Å². The zero-order valence-corrected chi connectivity index (χ0v) is 14.2. The summed E-state index contributed by atoms with van der Waals surface area (Å²) < 4.78 is 5.16. The van der Waals surface area contributed by atoms with E-state index in [9.17, 15) is 4.79 Å². The molecule has 23 heavy (non-hydrogen) atoms. The van der Waals surface area contributed by atoms with E-state index >= 15 is 0 Å². The van der Waals surface area contributed by atoms with Crippen molar-refractivity contribution in [2.45, 2.75) is 46.2 Å². The number of benzene rings is 1. The van der Waals surface area contributed by atoms with Crippen LogP contribution < -0.4 is 11.1 Å². The summed E-state index contributed by atoms with van der Waals surface area (Å²) in [6.45, 7) is 7.63. The molecule has 5 nitrogen and oxygen atoms in total. The van der Waals surface area contributed by atoms with Gasteiger partial charge in [0.2, 0.25) is 5.91 Å². The molecule has 2 rings (SSSR count). The molecule has 1 amide bonds. The van der Waals surface area contributed by atoms with Crippen molar-refractivity contribution < 1.29 is 9.32 Å². The van der Waals surface area contributed by atoms with Gasteiger partial charge in [-0.1, -0.05) is 42.4 Å². The van der Waals surface area contributed by atoms with Crippen molar-refractivity contribution in [1.29, 1.82) is 0 Å². The first-order valence-electron chi connectivity index (χ1n) is 7.92. The Morgan fingerprint density at radius 2 is 1.91 bits per heavy atom. The highest BCUT2D eigenvalue weighted by Crippen LogP contribution is 2.20. The van der Waals surface area contributed by atoms with Gasteiger partial charge in [-0.25, -0.2) is 0 Å². The predicted octanol–water partition coefficient (Wildman–Crippen LogP) is 2.67. The third kappa shape index (κ3) is 4.20. The highest BCUT2D eigenvalue weighted by atomic mass is 16.5. The van der Waals surface area contributed by atoms with E-state index in [-0.39, 0.29) is 23.9 Å². The van der Waals surface area contributed by atoms with E-state index < -0.39 is 0 Å². The summed E-state index contributed by atoms with van der Waals surface area (Å²) in [5.74, 6) is 0.461. The maximum atomic E-state index is 12.4. The number of carbonyl (C=O) groups excluding carboxylic acids is 1. The Bertz CT molecular complexity index is 632. The van der Waals surface area contributed by atoms with Crippen molar-refractivity contribution in [3.05, 3.63) is 52.9 Å². The molecule has 1 aromatic heterocycles. The zero-order chi connectivity index (χ0) is 17.0. The van der Waals surface area contributed by atoms with Crippen LogP contribution in [0.1, 0.15) is 42.5 Å². The fraction of sp³-hybridized carbons (Fsp3) is 0.444. The average Bonchev–Trinajstić information content (AvgIpc) is 2.86. The number of amides is 1. The first-order chi connectivity index (χ1) is 10.9. The number of rotatable bonds is 6. The second-order valence-electron chi connectivity index (χ2n) is 6.14. The van der Waals surface area contributed by atoms with Crippen molar-refractivity contribution in [3.8, 4) is 0 Å². The smallest absolute Gasteiger partial charge is 0.224 e. The summed E-state index contributed by atoms with van der Waals surface area (Å²) in [7, 11) is 0. The van der Waals surface area contributed by atoms with E-state index in [1.165, 1.54) is 0 Å². The molecule has 0 fully saturated rings. The molecule has 0 radical (unpaired) electrons. The van der Waals surface area contributed by atoms with Gasteiger partial charge in [0.25, 0.3) is 0 Å². The van der Waals surface area contributed by atoms with Crippen LogP contribution >= 0.6 is 0 Å². The van der Waals surface area contributed by atoms with E-state index in [0.717, 1.165) is 22.6 Å². The molecule has 1 aromatic carbocycles. The van der Waals surface area contributed by atoms with E-state index in [1.54, 1.807) is 0 Å². The highest BCUT2D eigenvalue weighted by molar-refractivity contribution is 5.79. The van der Waals surface area contributed by atoms with Gasteiger partial charge in [-0.15, -0.1) is 0 Å². The Hall–Kier alpha value is -2.14. The molecule has 0 bridgehead atoms. The molecular formula is C18H25N3O2. The number of hydrogen-bond donors (Lipinski definition) is 2. The van der Waals surface area contributed by atoms with Gasteiger partial charge in [0.05, 0.1) is 11.6 Å². The largest absolute Gasteiger partial charge is 0.361 e. The van der Waals surface area contributed by atoms with Crippen LogP contribution in [0.25, 0.3) is 0 Å². The Morgan fingerprint density at radius 1 is 1.26 bits per heavy atom. The van der Waals surface area contributed by atoms with E-state index in [2.05, 4.69) is 10.5 Å². The van der Waals surface area contributed by atoms with Gasteiger partial charge in [-0.3, -0.25) is 4.79 Å². The topological polar surface area (TPSA) is 81.2 Å². The van der Waals surface area contributed by atoms with Crippen molar-refractivity contribution >= 4 is 5.91 Å². The Morgan fingerprint density at radius 3 is 2.48 bits per heavy atom. The Balaban J connectivity index is 1.95. The maximum absolute atomic E-state index is 12.4. The summed E-state index contributed by atoms with van der Waals surface area (Å²) in [5.41, 5.74) is 9.11. The van der Waals surface area contributed by atoms with Crippen molar-refractivity contribution in [2.75, 3.05) is 0 Å². The number of carbonyl (C=O) groups is 1. The first-order valence-corrected chi connectivity index (χ1v) is 7.92. The molecule has 0 aliphatic heterocycles. The molecule has 3 N–H and O–H groups in total. The predicted molar refractivity (Wildman–Crippen MR) is 89.8 cm³/mol. The zero-order valence-electron chi connectivity index (χ0n) is 14.2. The average molecular weight is 315 g/mol. The fourth-order valence-electron chi connectivity index (χ4n) is 2.65. The van der Waals surface area contributed by atoms with Gasteiger partial charge in [0, 0.05) is 17.6 Å². The number of nitrogens with zero attached hydrogens (tertiary/aromatic N) is 1. The van der Waals surface area contributed by atoms with Crippen molar-refractivity contribution in [3.63, 3.8) is 0 Å². The summed E-state index contributed by atoms with van der Waals surface area (Å²) in [5, 5.41) is 6.98. The van der Waals surface area contributed by atoms with Crippen molar-refractivity contribution in [1.82, 2.24) is 10.5 Å². The molecule has 0 spiro atoms. The molecule has 2 aromatic rings. The normalized spacial score (nSPS) is 15.0. The summed E-state index contributed by atoms with van der Waals surface area (Å²) in [4.78, 5) is 12.4. The van der Waals surface area contributed by atoms with Crippen LogP contribution in [0, 0.1) is 19.8 Å². The molecule has 0 aliphatic carbocycles. The van der Waals surface area contributed by atoms with E-state index in [4.69, 9.17) is 10.3 Å². The lowest BCUT2D eigenvalue weighted by atomic mass is 9.94. The number of aryl methyl sites for hydroxylation is 2. The monoisotopic (exact) mass is 315 g/mol. The van der Waals surface area contributed by atoms with E-state index in [0.29, 0.717) is 6.42 Å². The fourth-order valence-corrected chi connectivity index (χ4v) is 2.65. The molecule has 1 heterocycles. The van der Waals surface area contributed by atoms with Crippen molar-refractivity contribution in [2.24, 2.45) is 11.7 Å². The SMILES string of the molecule is Cc1noc(C)c1CC(C)NC(=O)C(C)C(N)c1ccccc1. The van der Waals surface area contributed by atoms with E-state index in [1.807, 2.05) is 58.0 Å². The lowest BCUT2D eigenvalue weighted by molar-refractivity contribution is -0.125. The van der Waals surface area contributed by atoms with Gasteiger partial charge >= 0.3 is 0 Å². The number of nitrogens with one attached hydrogen (secondary N) is 1. The van der Waals surface area contributed by atoms with Gasteiger partial charge in [0.15, 0.2) is 0 Å². The lowest BCUT2D eigenvalue weighted by Gasteiger charge is -2.22. The molecule has 3 unspecified atom stereocenters. The molecule has 0 aliphatic rings. The molecule has 0 saturated carbocycles. The standard InChI is InChI=1S/C18H25N3O2/c1-11(10-16-13(3)21-23-14(16)4)20-18(22)12(2)17(19)15-8-6-5-7-9-15/h5-9,11-12,17H,10,19H2,1-4H3,(H,20,22). The minimum Gasteiger partial charge on any atom is -0.361 e. The molecule has 0 saturated heterocycles.